The first-order valence-corrected chi connectivity index (χ1v) is 4.12. The van der Waals surface area contributed by atoms with Crippen molar-refractivity contribution in [1.82, 2.24) is 5.06 Å². The van der Waals surface area contributed by atoms with E-state index in [4.69, 9.17) is 15.4 Å². The third kappa shape index (κ3) is 1.49. The van der Waals surface area contributed by atoms with Crippen molar-refractivity contribution in [3.8, 4) is 0 Å². The van der Waals surface area contributed by atoms with Crippen molar-refractivity contribution in [2.45, 2.75) is 24.2 Å². The molecule has 0 saturated carbocycles. The van der Waals surface area contributed by atoms with Gasteiger partial charge in [0.1, 0.15) is 0 Å². The van der Waals surface area contributed by atoms with Gasteiger partial charge in [0.25, 0.3) is 5.91 Å². The van der Waals surface area contributed by atoms with E-state index in [0.29, 0.717) is 0 Å². The van der Waals surface area contributed by atoms with Crippen LogP contribution in [0.2, 0.25) is 0 Å². The highest BCUT2D eigenvalue weighted by Gasteiger charge is 2.52. The van der Waals surface area contributed by atoms with Gasteiger partial charge in [-0.1, -0.05) is 0 Å². The minimum Gasteiger partial charge on any atom is -0.394 e. The number of amides is 1. The fourth-order valence-electron chi connectivity index (χ4n) is 1.38. The van der Waals surface area contributed by atoms with Crippen LogP contribution in [-0.2, 0) is 4.79 Å². The lowest BCUT2D eigenvalue weighted by atomic mass is 9.87. The minimum atomic E-state index is -2.37. The van der Waals surface area contributed by atoms with Crippen LogP contribution in [0.15, 0.2) is 0 Å². The summed E-state index contributed by atoms with van der Waals surface area (Å²) in [5.41, 5.74) is -2.37. The number of hydroxylamine groups is 2. The summed E-state index contributed by atoms with van der Waals surface area (Å²) in [7, 11) is 0. The molecule has 14 heavy (non-hydrogen) atoms. The fourth-order valence-corrected chi connectivity index (χ4v) is 1.38. The zero-order valence-corrected chi connectivity index (χ0v) is 7.37. The Bertz CT molecular complexity index is 234. The Morgan fingerprint density at radius 3 is 2.50 bits per heavy atom. The van der Waals surface area contributed by atoms with E-state index >= 15 is 0 Å². The Hall–Kier alpha value is -0.730. The Morgan fingerprint density at radius 1 is 1.50 bits per heavy atom. The second-order valence-electron chi connectivity index (χ2n) is 3.32. The zero-order chi connectivity index (χ0) is 10.9. The molecule has 7 nitrogen and oxygen atoms in total. The predicted molar refractivity (Wildman–Crippen MR) is 42.2 cm³/mol. The van der Waals surface area contributed by atoms with E-state index in [0.717, 1.165) is 0 Å². The molecule has 1 heterocycles. The van der Waals surface area contributed by atoms with Gasteiger partial charge in [0.15, 0.2) is 5.60 Å². The number of carbonyl (C=O) groups excluding carboxylic acids is 1. The molecule has 0 aromatic heterocycles. The third-order valence-corrected chi connectivity index (χ3v) is 2.42. The average Bonchev–Trinajstić information content (AvgIpc) is 2.20. The molecule has 1 amide bonds. The van der Waals surface area contributed by atoms with Gasteiger partial charge in [0.05, 0.1) is 25.4 Å². The van der Waals surface area contributed by atoms with Crippen molar-refractivity contribution in [2.24, 2.45) is 0 Å². The van der Waals surface area contributed by atoms with Gasteiger partial charge in [-0.25, -0.2) is 5.06 Å². The molecule has 1 fully saturated rings. The molecule has 1 aliphatic heterocycles. The summed E-state index contributed by atoms with van der Waals surface area (Å²) in [6.45, 7) is -1.51. The van der Waals surface area contributed by atoms with Crippen LogP contribution in [0.5, 0.6) is 0 Å². The van der Waals surface area contributed by atoms with Gasteiger partial charge in [-0.2, -0.15) is 0 Å². The molecule has 1 saturated heterocycles. The van der Waals surface area contributed by atoms with Crippen LogP contribution in [0.1, 0.15) is 6.42 Å². The number of nitrogens with zero attached hydrogens (tertiary/aromatic N) is 1. The predicted octanol–water partition coefficient (Wildman–Crippen LogP) is -2.95. The molecule has 1 rings (SSSR count). The lowest BCUT2D eigenvalue weighted by molar-refractivity contribution is -0.234. The van der Waals surface area contributed by atoms with Crippen LogP contribution >= 0.6 is 0 Å². The van der Waals surface area contributed by atoms with E-state index in [1.807, 2.05) is 0 Å². The van der Waals surface area contributed by atoms with Crippen LogP contribution in [-0.4, -0.2) is 67.6 Å². The van der Waals surface area contributed by atoms with Gasteiger partial charge in [-0.3, -0.25) is 10.0 Å². The molecule has 0 aromatic rings. The standard InChI is InChI=1S/C7H13NO6/c9-2-4-1-5(11)7(13,3-10)6(12)8(4)14/h4-5,9-11,13-14H,1-3H2. The number of hydrogen-bond donors (Lipinski definition) is 5. The van der Waals surface area contributed by atoms with Crippen LogP contribution in [0, 0.1) is 0 Å². The summed E-state index contributed by atoms with van der Waals surface area (Å²) in [5.74, 6) is -1.21. The Balaban J connectivity index is 2.90. The molecule has 0 radical (unpaired) electrons. The van der Waals surface area contributed by atoms with Crippen LogP contribution in [0.3, 0.4) is 0 Å². The van der Waals surface area contributed by atoms with Gasteiger partial charge in [-0.15, -0.1) is 0 Å². The Labute approximate surface area is 79.8 Å². The molecule has 1 aliphatic rings. The van der Waals surface area contributed by atoms with E-state index in [2.05, 4.69) is 0 Å². The van der Waals surface area contributed by atoms with Crippen LogP contribution in [0.4, 0.5) is 0 Å². The molecular weight excluding hydrogens is 194 g/mol. The molecule has 0 spiro atoms. The van der Waals surface area contributed by atoms with Crippen molar-refractivity contribution in [3.05, 3.63) is 0 Å². The first-order valence-electron chi connectivity index (χ1n) is 4.12. The monoisotopic (exact) mass is 207 g/mol. The number of hydrogen-bond acceptors (Lipinski definition) is 6. The maximum absolute atomic E-state index is 11.3. The summed E-state index contributed by atoms with van der Waals surface area (Å²) in [6, 6.07) is -0.954. The van der Waals surface area contributed by atoms with E-state index in [1.165, 1.54) is 0 Å². The molecule has 3 unspecified atom stereocenters. The van der Waals surface area contributed by atoms with Crippen molar-refractivity contribution in [1.29, 1.82) is 0 Å². The van der Waals surface area contributed by atoms with E-state index < -0.39 is 36.9 Å². The van der Waals surface area contributed by atoms with Gasteiger partial charge in [-0.05, 0) is 0 Å². The largest absolute Gasteiger partial charge is 0.394 e. The van der Waals surface area contributed by atoms with Gasteiger partial charge >= 0.3 is 0 Å². The zero-order valence-electron chi connectivity index (χ0n) is 7.37. The summed E-state index contributed by atoms with van der Waals surface area (Å²) < 4.78 is 0. The van der Waals surface area contributed by atoms with Crippen LogP contribution < -0.4 is 0 Å². The fraction of sp³-hybridized carbons (Fsp3) is 0.857. The highest BCUT2D eigenvalue weighted by atomic mass is 16.5. The van der Waals surface area contributed by atoms with Crippen molar-refractivity contribution >= 4 is 5.91 Å². The maximum atomic E-state index is 11.3. The second kappa shape index (κ2) is 3.79. The highest BCUT2D eigenvalue weighted by molar-refractivity contribution is 5.86. The Kier molecular flexibility index (Phi) is 3.07. The average molecular weight is 207 g/mol. The third-order valence-electron chi connectivity index (χ3n) is 2.42. The van der Waals surface area contributed by atoms with Crippen molar-refractivity contribution in [3.63, 3.8) is 0 Å². The molecule has 0 bridgehead atoms. The van der Waals surface area contributed by atoms with Crippen molar-refractivity contribution in [2.75, 3.05) is 13.2 Å². The molecule has 5 N–H and O–H groups in total. The quantitative estimate of drug-likeness (QED) is 0.309. The first kappa shape index (κ1) is 11.3. The number of rotatable bonds is 2. The number of carbonyl (C=O) groups is 1. The molecule has 0 aliphatic carbocycles. The number of aliphatic hydroxyl groups excluding tert-OH is 3. The summed E-state index contributed by atoms with van der Waals surface area (Å²) in [5, 5.41) is 45.6. The summed E-state index contributed by atoms with van der Waals surface area (Å²) in [6.07, 6.45) is -1.70. The van der Waals surface area contributed by atoms with E-state index in [-0.39, 0.29) is 11.5 Å². The summed E-state index contributed by atoms with van der Waals surface area (Å²) >= 11 is 0. The van der Waals surface area contributed by atoms with Gasteiger partial charge in [0, 0.05) is 6.42 Å². The SMILES string of the molecule is O=C1N(O)C(CO)CC(O)C1(O)CO. The molecular formula is C7H13NO6. The Morgan fingerprint density at radius 2 is 2.07 bits per heavy atom. The van der Waals surface area contributed by atoms with E-state index in [9.17, 15) is 15.0 Å². The van der Waals surface area contributed by atoms with Gasteiger partial charge < -0.3 is 20.4 Å². The van der Waals surface area contributed by atoms with E-state index in [1.54, 1.807) is 0 Å². The molecule has 7 heteroatoms. The van der Waals surface area contributed by atoms with Gasteiger partial charge in [0.2, 0.25) is 0 Å². The smallest absolute Gasteiger partial charge is 0.283 e. The molecule has 0 aromatic carbocycles. The van der Waals surface area contributed by atoms with Crippen molar-refractivity contribution < 1.29 is 30.4 Å². The minimum absolute atomic E-state index is 0.142. The number of piperidine rings is 1. The summed E-state index contributed by atoms with van der Waals surface area (Å²) in [4.78, 5) is 11.3. The normalized spacial score (nSPS) is 38.9. The topological polar surface area (TPSA) is 121 Å². The molecule has 3 atom stereocenters. The highest BCUT2D eigenvalue weighted by Crippen LogP contribution is 2.25. The lowest BCUT2D eigenvalue weighted by Gasteiger charge is -2.41. The lowest BCUT2D eigenvalue weighted by Crippen LogP contribution is -2.65. The molecule has 82 valence electrons. The maximum Gasteiger partial charge on any atom is 0.283 e. The van der Waals surface area contributed by atoms with Crippen LogP contribution in [0.25, 0.3) is 0 Å². The first-order chi connectivity index (χ1) is 6.47. The second-order valence-corrected chi connectivity index (χ2v) is 3.32. The number of aliphatic hydroxyl groups is 4.